The summed E-state index contributed by atoms with van der Waals surface area (Å²) in [6.07, 6.45) is 2.27. The Hall–Kier alpha value is -2.87. The van der Waals surface area contributed by atoms with Crippen LogP contribution in [-0.4, -0.2) is 39.0 Å². The van der Waals surface area contributed by atoms with Gasteiger partial charge in [-0.15, -0.1) is 5.10 Å². The van der Waals surface area contributed by atoms with Crippen LogP contribution in [0.2, 0.25) is 0 Å². The number of nitrogens with zero attached hydrogens (tertiary/aromatic N) is 4. The van der Waals surface area contributed by atoms with Gasteiger partial charge in [-0.2, -0.15) is 4.68 Å². The second-order valence-electron chi connectivity index (χ2n) is 7.56. The SMILES string of the molecule is COc1ccc(C(NC(=O)CSc2nnnn2-c2c(C)cccc2C)C2CC2)cc1. The van der Waals surface area contributed by atoms with Gasteiger partial charge in [0, 0.05) is 0 Å². The van der Waals surface area contributed by atoms with Crippen molar-refractivity contribution in [3.8, 4) is 11.4 Å². The molecule has 2 aromatic carbocycles. The van der Waals surface area contributed by atoms with Crippen LogP contribution in [0.25, 0.3) is 5.69 Å². The molecule has 0 radical (unpaired) electrons. The van der Waals surface area contributed by atoms with Crippen molar-refractivity contribution in [2.75, 3.05) is 12.9 Å². The number of nitrogens with one attached hydrogen (secondary N) is 1. The van der Waals surface area contributed by atoms with E-state index < -0.39 is 0 Å². The van der Waals surface area contributed by atoms with E-state index in [9.17, 15) is 4.79 Å². The number of amides is 1. The predicted molar refractivity (Wildman–Crippen MR) is 116 cm³/mol. The Balaban J connectivity index is 1.43. The number of hydrogen-bond acceptors (Lipinski definition) is 6. The average molecular weight is 424 g/mol. The van der Waals surface area contributed by atoms with Gasteiger partial charge in [0.15, 0.2) is 0 Å². The van der Waals surface area contributed by atoms with Crippen LogP contribution in [0.4, 0.5) is 0 Å². The van der Waals surface area contributed by atoms with Crippen molar-refractivity contribution < 1.29 is 9.53 Å². The maximum absolute atomic E-state index is 12.7. The summed E-state index contributed by atoms with van der Waals surface area (Å²) in [5.74, 6) is 1.54. The lowest BCUT2D eigenvalue weighted by atomic mass is 10.0. The van der Waals surface area contributed by atoms with E-state index >= 15 is 0 Å². The lowest BCUT2D eigenvalue weighted by Gasteiger charge is -2.19. The molecule has 1 N–H and O–H groups in total. The van der Waals surface area contributed by atoms with Crippen molar-refractivity contribution >= 4 is 17.7 Å². The molecule has 1 aliphatic rings. The van der Waals surface area contributed by atoms with E-state index in [1.54, 1.807) is 11.8 Å². The summed E-state index contributed by atoms with van der Waals surface area (Å²) in [4.78, 5) is 12.7. The van der Waals surface area contributed by atoms with Crippen LogP contribution in [0.15, 0.2) is 47.6 Å². The molecule has 8 heteroatoms. The van der Waals surface area contributed by atoms with Gasteiger partial charge in [-0.05, 0) is 71.9 Å². The molecule has 3 aromatic rings. The molecule has 4 rings (SSSR count). The molecule has 1 saturated carbocycles. The first-order valence-electron chi connectivity index (χ1n) is 9.98. The summed E-state index contributed by atoms with van der Waals surface area (Å²) < 4.78 is 6.95. The van der Waals surface area contributed by atoms with Crippen LogP contribution >= 0.6 is 11.8 Å². The Bertz CT molecular complexity index is 1010. The molecular formula is C22H25N5O2S. The van der Waals surface area contributed by atoms with Gasteiger partial charge in [0.2, 0.25) is 11.1 Å². The van der Waals surface area contributed by atoms with E-state index in [-0.39, 0.29) is 17.7 Å². The topological polar surface area (TPSA) is 81.9 Å². The standard InChI is InChI=1S/C22H25N5O2S/c1-14-5-4-6-15(2)21(14)27-22(24-25-26-27)30-13-19(28)23-20(16-7-8-16)17-9-11-18(29-3)12-10-17/h4-6,9-12,16,20H,7-8,13H2,1-3H3,(H,23,28). The first-order valence-corrected chi connectivity index (χ1v) is 11.0. The van der Waals surface area contributed by atoms with E-state index in [1.165, 1.54) is 11.8 Å². The van der Waals surface area contributed by atoms with E-state index in [1.807, 2.05) is 56.3 Å². The molecular weight excluding hydrogens is 398 g/mol. The smallest absolute Gasteiger partial charge is 0.230 e. The second kappa shape index (κ2) is 8.87. The van der Waals surface area contributed by atoms with Gasteiger partial charge in [-0.1, -0.05) is 42.1 Å². The number of para-hydroxylation sites is 1. The second-order valence-corrected chi connectivity index (χ2v) is 8.50. The van der Waals surface area contributed by atoms with Crippen LogP contribution in [0.5, 0.6) is 5.75 Å². The zero-order valence-electron chi connectivity index (χ0n) is 17.3. The Kier molecular flexibility index (Phi) is 6.03. The van der Waals surface area contributed by atoms with Gasteiger partial charge < -0.3 is 10.1 Å². The van der Waals surface area contributed by atoms with Gasteiger partial charge in [0.1, 0.15) is 5.75 Å². The fraction of sp³-hybridized carbons (Fsp3) is 0.364. The molecule has 1 amide bonds. The maximum atomic E-state index is 12.7. The number of thioether (sulfide) groups is 1. The van der Waals surface area contributed by atoms with E-state index in [4.69, 9.17) is 4.74 Å². The molecule has 0 spiro atoms. The minimum absolute atomic E-state index is 0.0243. The molecule has 1 heterocycles. The highest BCUT2D eigenvalue weighted by atomic mass is 32.2. The third-order valence-electron chi connectivity index (χ3n) is 5.31. The molecule has 7 nitrogen and oxygen atoms in total. The third kappa shape index (κ3) is 4.48. The summed E-state index contributed by atoms with van der Waals surface area (Å²) in [6, 6.07) is 14.0. The number of hydrogen-bond donors (Lipinski definition) is 1. The van der Waals surface area contributed by atoms with Crippen LogP contribution in [0.1, 0.15) is 35.6 Å². The Morgan fingerprint density at radius 1 is 1.20 bits per heavy atom. The predicted octanol–water partition coefficient (Wildman–Crippen LogP) is 3.65. The number of benzene rings is 2. The first-order chi connectivity index (χ1) is 14.6. The monoisotopic (exact) mass is 423 g/mol. The van der Waals surface area contributed by atoms with E-state index in [0.717, 1.165) is 41.0 Å². The first kappa shape index (κ1) is 20.4. The number of tetrazole rings is 1. The van der Waals surface area contributed by atoms with Crippen molar-refractivity contribution in [3.63, 3.8) is 0 Å². The van der Waals surface area contributed by atoms with Crippen molar-refractivity contribution in [2.45, 2.75) is 37.9 Å². The molecule has 1 fully saturated rings. The summed E-state index contributed by atoms with van der Waals surface area (Å²) >= 11 is 1.34. The molecule has 1 unspecified atom stereocenters. The molecule has 0 bridgehead atoms. The highest BCUT2D eigenvalue weighted by Gasteiger charge is 2.33. The fourth-order valence-corrected chi connectivity index (χ4v) is 4.30. The Morgan fingerprint density at radius 3 is 2.53 bits per heavy atom. The van der Waals surface area contributed by atoms with Crippen LogP contribution < -0.4 is 10.1 Å². The lowest BCUT2D eigenvalue weighted by molar-refractivity contribution is -0.119. The largest absolute Gasteiger partial charge is 0.497 e. The summed E-state index contributed by atoms with van der Waals surface area (Å²) in [5.41, 5.74) is 4.24. The van der Waals surface area contributed by atoms with E-state index in [0.29, 0.717) is 11.1 Å². The van der Waals surface area contributed by atoms with Crippen LogP contribution in [0.3, 0.4) is 0 Å². The number of carbonyl (C=O) groups excluding carboxylic acids is 1. The quantitative estimate of drug-likeness (QED) is 0.557. The van der Waals surface area contributed by atoms with Crippen LogP contribution in [-0.2, 0) is 4.79 Å². The van der Waals surface area contributed by atoms with Gasteiger partial charge in [0.05, 0.1) is 24.6 Å². The minimum atomic E-state index is -0.0243. The van der Waals surface area contributed by atoms with Crippen molar-refractivity contribution in [3.05, 3.63) is 59.2 Å². The molecule has 1 atom stereocenters. The highest BCUT2D eigenvalue weighted by Crippen LogP contribution is 2.41. The highest BCUT2D eigenvalue weighted by molar-refractivity contribution is 7.99. The molecule has 156 valence electrons. The number of ether oxygens (including phenoxy) is 1. The third-order valence-corrected chi connectivity index (χ3v) is 6.23. The fourth-order valence-electron chi connectivity index (χ4n) is 3.61. The van der Waals surface area contributed by atoms with Gasteiger partial charge in [0.25, 0.3) is 0 Å². The molecule has 0 aliphatic heterocycles. The lowest BCUT2D eigenvalue weighted by Crippen LogP contribution is -2.31. The molecule has 0 saturated heterocycles. The molecule has 1 aliphatic carbocycles. The van der Waals surface area contributed by atoms with Gasteiger partial charge >= 0.3 is 0 Å². The summed E-state index contributed by atoms with van der Waals surface area (Å²) in [5, 5.41) is 15.9. The van der Waals surface area contributed by atoms with Gasteiger partial charge in [-0.3, -0.25) is 4.79 Å². The molecule has 1 aromatic heterocycles. The maximum Gasteiger partial charge on any atom is 0.230 e. The number of rotatable bonds is 8. The summed E-state index contributed by atoms with van der Waals surface area (Å²) in [6.45, 7) is 4.06. The number of aromatic nitrogens is 4. The van der Waals surface area contributed by atoms with Crippen molar-refractivity contribution in [1.82, 2.24) is 25.5 Å². The minimum Gasteiger partial charge on any atom is -0.497 e. The average Bonchev–Trinajstić information content (AvgIpc) is 3.49. The molecule has 30 heavy (non-hydrogen) atoms. The zero-order valence-corrected chi connectivity index (χ0v) is 18.1. The van der Waals surface area contributed by atoms with Crippen LogP contribution in [0, 0.1) is 19.8 Å². The van der Waals surface area contributed by atoms with Crippen molar-refractivity contribution in [1.29, 1.82) is 0 Å². The zero-order chi connectivity index (χ0) is 21.1. The number of aryl methyl sites for hydroxylation is 2. The van der Waals surface area contributed by atoms with E-state index in [2.05, 4.69) is 20.8 Å². The summed E-state index contributed by atoms with van der Waals surface area (Å²) in [7, 11) is 1.65. The Labute approximate surface area is 180 Å². The number of carbonyl (C=O) groups is 1. The Morgan fingerprint density at radius 2 is 1.90 bits per heavy atom. The number of methoxy groups -OCH3 is 1. The normalized spacial score (nSPS) is 14.4. The van der Waals surface area contributed by atoms with Gasteiger partial charge in [-0.25, -0.2) is 0 Å². The van der Waals surface area contributed by atoms with Crippen molar-refractivity contribution in [2.24, 2.45) is 5.92 Å².